The van der Waals surface area contributed by atoms with Gasteiger partial charge in [-0.05, 0) is 36.1 Å². The fourth-order valence-electron chi connectivity index (χ4n) is 3.68. The highest BCUT2D eigenvalue weighted by molar-refractivity contribution is 5.84. The SMILES string of the molecule is COc1ccc([C@@H]2CCCCCN2C(=O)CNC(=O)NCc2ccccc2)cc1. The van der Waals surface area contributed by atoms with Gasteiger partial charge in [0, 0.05) is 13.1 Å². The van der Waals surface area contributed by atoms with Crippen molar-refractivity contribution in [2.24, 2.45) is 0 Å². The summed E-state index contributed by atoms with van der Waals surface area (Å²) in [4.78, 5) is 26.9. The molecule has 1 saturated heterocycles. The number of urea groups is 1. The van der Waals surface area contributed by atoms with E-state index in [1.54, 1.807) is 7.11 Å². The summed E-state index contributed by atoms with van der Waals surface area (Å²) in [6.07, 6.45) is 4.11. The van der Waals surface area contributed by atoms with E-state index in [-0.39, 0.29) is 24.5 Å². The number of benzene rings is 2. The van der Waals surface area contributed by atoms with Crippen LogP contribution in [-0.4, -0.2) is 37.0 Å². The minimum absolute atomic E-state index is 0.00667. The highest BCUT2D eigenvalue weighted by Crippen LogP contribution is 2.31. The van der Waals surface area contributed by atoms with E-state index in [9.17, 15) is 9.59 Å². The normalized spacial score (nSPS) is 16.6. The van der Waals surface area contributed by atoms with Crippen LogP contribution in [0.2, 0.25) is 0 Å². The number of ether oxygens (including phenoxy) is 1. The van der Waals surface area contributed by atoms with Crippen LogP contribution in [0.3, 0.4) is 0 Å². The first-order valence-electron chi connectivity index (χ1n) is 10.2. The van der Waals surface area contributed by atoms with Gasteiger partial charge in [0.15, 0.2) is 0 Å². The van der Waals surface area contributed by atoms with E-state index in [0.717, 1.165) is 42.6 Å². The highest BCUT2D eigenvalue weighted by atomic mass is 16.5. The Morgan fingerprint density at radius 1 is 1.00 bits per heavy atom. The molecule has 0 bridgehead atoms. The molecule has 29 heavy (non-hydrogen) atoms. The molecule has 2 aromatic carbocycles. The molecule has 0 spiro atoms. The lowest BCUT2D eigenvalue weighted by molar-refractivity contribution is -0.132. The van der Waals surface area contributed by atoms with Crippen molar-refractivity contribution in [3.8, 4) is 5.75 Å². The summed E-state index contributed by atoms with van der Waals surface area (Å²) in [7, 11) is 1.64. The topological polar surface area (TPSA) is 70.7 Å². The average molecular weight is 396 g/mol. The smallest absolute Gasteiger partial charge is 0.315 e. The Labute approximate surface area is 172 Å². The Hall–Kier alpha value is -3.02. The summed E-state index contributed by atoms with van der Waals surface area (Å²) in [6, 6.07) is 17.3. The lowest BCUT2D eigenvalue weighted by atomic mass is 10.0. The van der Waals surface area contributed by atoms with Crippen molar-refractivity contribution in [1.29, 1.82) is 0 Å². The van der Waals surface area contributed by atoms with E-state index in [0.29, 0.717) is 13.1 Å². The minimum Gasteiger partial charge on any atom is -0.497 e. The van der Waals surface area contributed by atoms with Crippen LogP contribution in [0, 0.1) is 0 Å². The molecule has 154 valence electrons. The molecule has 0 radical (unpaired) electrons. The Morgan fingerprint density at radius 3 is 2.48 bits per heavy atom. The first kappa shape index (κ1) is 20.7. The molecular formula is C23H29N3O3. The maximum absolute atomic E-state index is 12.9. The first-order chi connectivity index (χ1) is 14.2. The van der Waals surface area contributed by atoms with Gasteiger partial charge < -0.3 is 20.3 Å². The van der Waals surface area contributed by atoms with E-state index in [1.165, 1.54) is 0 Å². The number of nitrogens with zero attached hydrogens (tertiary/aromatic N) is 1. The number of amides is 3. The monoisotopic (exact) mass is 395 g/mol. The zero-order valence-corrected chi connectivity index (χ0v) is 16.9. The fraction of sp³-hybridized carbons (Fsp3) is 0.391. The Bertz CT molecular complexity index is 793. The van der Waals surface area contributed by atoms with Gasteiger partial charge in [0.1, 0.15) is 5.75 Å². The quantitative estimate of drug-likeness (QED) is 0.785. The molecule has 2 aromatic rings. The molecule has 0 unspecified atom stereocenters. The third-order valence-corrected chi connectivity index (χ3v) is 5.27. The van der Waals surface area contributed by atoms with Crippen molar-refractivity contribution in [2.75, 3.05) is 20.2 Å². The van der Waals surface area contributed by atoms with Crippen LogP contribution in [0.1, 0.15) is 42.9 Å². The second-order valence-electron chi connectivity index (χ2n) is 7.25. The lowest BCUT2D eigenvalue weighted by Crippen LogP contribution is -2.44. The summed E-state index contributed by atoms with van der Waals surface area (Å²) < 4.78 is 5.24. The number of methoxy groups -OCH3 is 1. The summed E-state index contributed by atoms with van der Waals surface area (Å²) in [5.74, 6) is 0.750. The second kappa shape index (κ2) is 10.5. The number of hydrogen-bond donors (Lipinski definition) is 2. The molecule has 1 aliphatic heterocycles. The number of hydrogen-bond acceptors (Lipinski definition) is 3. The molecule has 1 heterocycles. The van der Waals surface area contributed by atoms with Crippen molar-refractivity contribution in [3.63, 3.8) is 0 Å². The second-order valence-corrected chi connectivity index (χ2v) is 7.25. The maximum atomic E-state index is 12.9. The Morgan fingerprint density at radius 2 is 1.76 bits per heavy atom. The third-order valence-electron chi connectivity index (χ3n) is 5.27. The number of carbonyl (C=O) groups is 2. The average Bonchev–Trinajstić information content (AvgIpc) is 3.03. The minimum atomic E-state index is -0.335. The third kappa shape index (κ3) is 5.98. The zero-order chi connectivity index (χ0) is 20.5. The standard InChI is InChI=1S/C23H29N3O3/c1-29-20-13-11-19(12-14-20)21-10-6-3-7-15-26(21)22(27)17-25-23(28)24-16-18-8-4-2-5-9-18/h2,4-5,8-9,11-14,21H,3,6-7,10,15-17H2,1H3,(H2,24,25,28)/t21-/m0/s1. The zero-order valence-electron chi connectivity index (χ0n) is 16.9. The van der Waals surface area contributed by atoms with Crippen LogP contribution in [0.15, 0.2) is 54.6 Å². The van der Waals surface area contributed by atoms with Gasteiger partial charge in [-0.2, -0.15) is 0 Å². The molecule has 1 atom stereocenters. The fourth-order valence-corrected chi connectivity index (χ4v) is 3.68. The van der Waals surface area contributed by atoms with Gasteiger partial charge in [-0.1, -0.05) is 55.3 Å². The molecule has 1 aliphatic rings. The van der Waals surface area contributed by atoms with Crippen molar-refractivity contribution in [2.45, 2.75) is 38.3 Å². The predicted octanol–water partition coefficient (Wildman–Crippen LogP) is 3.64. The summed E-state index contributed by atoms with van der Waals surface area (Å²) in [5.41, 5.74) is 2.12. The van der Waals surface area contributed by atoms with E-state index < -0.39 is 0 Å². The molecule has 2 N–H and O–H groups in total. The number of carbonyl (C=O) groups excluding carboxylic acids is 2. The van der Waals surface area contributed by atoms with Crippen molar-refractivity contribution < 1.29 is 14.3 Å². The molecule has 0 saturated carbocycles. The van der Waals surface area contributed by atoms with Crippen LogP contribution in [0.25, 0.3) is 0 Å². The molecule has 3 rings (SSSR count). The first-order valence-corrected chi connectivity index (χ1v) is 10.2. The lowest BCUT2D eigenvalue weighted by Gasteiger charge is -2.30. The van der Waals surface area contributed by atoms with E-state index in [2.05, 4.69) is 10.6 Å². The summed E-state index contributed by atoms with van der Waals surface area (Å²) in [5, 5.41) is 5.49. The van der Waals surface area contributed by atoms with Gasteiger partial charge in [-0.3, -0.25) is 4.79 Å². The van der Waals surface area contributed by atoms with Gasteiger partial charge in [-0.25, -0.2) is 4.79 Å². The summed E-state index contributed by atoms with van der Waals surface area (Å²) in [6.45, 7) is 1.13. The van der Waals surface area contributed by atoms with Crippen molar-refractivity contribution in [3.05, 3.63) is 65.7 Å². The van der Waals surface area contributed by atoms with Crippen LogP contribution in [-0.2, 0) is 11.3 Å². The molecule has 0 aromatic heterocycles. The van der Waals surface area contributed by atoms with Crippen molar-refractivity contribution in [1.82, 2.24) is 15.5 Å². The molecule has 6 nitrogen and oxygen atoms in total. The van der Waals surface area contributed by atoms with Gasteiger partial charge in [-0.15, -0.1) is 0 Å². The molecule has 0 aliphatic carbocycles. The molecular weight excluding hydrogens is 366 g/mol. The Balaban J connectivity index is 1.56. The van der Waals surface area contributed by atoms with E-state index in [1.807, 2.05) is 59.5 Å². The van der Waals surface area contributed by atoms with E-state index in [4.69, 9.17) is 4.74 Å². The summed E-state index contributed by atoms with van der Waals surface area (Å²) >= 11 is 0. The molecule has 3 amide bonds. The number of nitrogens with one attached hydrogen (secondary N) is 2. The van der Waals surface area contributed by atoms with Gasteiger partial charge >= 0.3 is 6.03 Å². The van der Waals surface area contributed by atoms with Crippen LogP contribution < -0.4 is 15.4 Å². The molecule has 6 heteroatoms. The number of rotatable bonds is 6. The van der Waals surface area contributed by atoms with Crippen LogP contribution in [0.5, 0.6) is 5.75 Å². The molecule has 1 fully saturated rings. The largest absolute Gasteiger partial charge is 0.497 e. The maximum Gasteiger partial charge on any atom is 0.315 e. The van der Waals surface area contributed by atoms with Gasteiger partial charge in [0.25, 0.3) is 0 Å². The van der Waals surface area contributed by atoms with Crippen LogP contribution >= 0.6 is 0 Å². The Kier molecular flexibility index (Phi) is 7.50. The van der Waals surface area contributed by atoms with Crippen molar-refractivity contribution >= 4 is 11.9 Å². The number of likely N-dealkylation sites (tertiary alicyclic amines) is 1. The highest BCUT2D eigenvalue weighted by Gasteiger charge is 2.26. The van der Waals surface area contributed by atoms with E-state index >= 15 is 0 Å². The van der Waals surface area contributed by atoms with Crippen LogP contribution in [0.4, 0.5) is 4.79 Å². The van der Waals surface area contributed by atoms with Gasteiger partial charge in [0.05, 0.1) is 19.7 Å². The van der Waals surface area contributed by atoms with Gasteiger partial charge in [0.2, 0.25) is 5.91 Å². The predicted molar refractivity (Wildman–Crippen MR) is 113 cm³/mol.